The molecular weight excluding hydrogens is 246 g/mol. The molecule has 0 heterocycles. The third-order valence-corrected chi connectivity index (χ3v) is 5.32. The van der Waals surface area contributed by atoms with E-state index in [9.17, 15) is 13.9 Å². The quantitative estimate of drug-likeness (QED) is 0.529. The highest BCUT2D eigenvalue weighted by Gasteiger charge is 2.53. The van der Waals surface area contributed by atoms with Gasteiger partial charge in [0.2, 0.25) is 0 Å². The fourth-order valence-electron chi connectivity index (χ4n) is 0.717. The van der Waals surface area contributed by atoms with Gasteiger partial charge >= 0.3 is 27.2 Å². The van der Waals surface area contributed by atoms with E-state index < -0.39 is 27.2 Å². The number of esters is 1. The zero-order valence-corrected chi connectivity index (χ0v) is 10.6. The van der Waals surface area contributed by atoms with Crippen molar-refractivity contribution in [3.05, 3.63) is 0 Å². The lowest BCUT2D eigenvalue weighted by molar-refractivity contribution is -0.141. The van der Waals surface area contributed by atoms with Gasteiger partial charge in [-0.3, -0.25) is 9.36 Å². The van der Waals surface area contributed by atoms with Crippen molar-refractivity contribution in [1.82, 2.24) is 0 Å². The summed E-state index contributed by atoms with van der Waals surface area (Å²) in [5.74, 6) is -0.755. The first-order valence-electron chi connectivity index (χ1n) is 3.80. The summed E-state index contributed by atoms with van der Waals surface area (Å²) in [5, 5.41) is 0. The molecule has 2 atom stereocenters. The molecule has 15 heavy (non-hydrogen) atoms. The molecule has 0 spiro atoms. The third kappa shape index (κ3) is 3.97. The molecule has 88 valence electrons. The average molecular weight is 259 g/mol. The highest BCUT2D eigenvalue weighted by atomic mass is 31.2. The Labute approximate surface area is 88.4 Å². The van der Waals surface area contributed by atoms with E-state index in [0.29, 0.717) is 0 Å². The first-order chi connectivity index (χ1) is 6.91. The number of rotatable bonds is 6. The lowest BCUT2D eigenvalue weighted by Gasteiger charge is -2.14. The average Bonchev–Trinajstić information content (AvgIpc) is 2.23. The minimum atomic E-state index is -3.77. The zero-order chi connectivity index (χ0) is 12.1. The number of hydrogen-bond acceptors (Lipinski definition) is 7. The molecule has 0 rings (SSSR count). The molecule has 0 aromatic heterocycles. The monoisotopic (exact) mass is 259 g/mol. The molecule has 7 nitrogen and oxygen atoms in total. The number of ether oxygens (including phenoxy) is 1. The number of carbonyl (C=O) groups is 1. The Bertz CT molecular complexity index is 281. The summed E-state index contributed by atoms with van der Waals surface area (Å²) >= 11 is 0. The highest BCUT2D eigenvalue weighted by molar-refractivity contribution is 7.66. The van der Waals surface area contributed by atoms with Gasteiger partial charge in [-0.2, -0.15) is 0 Å². The predicted molar refractivity (Wildman–Crippen MR) is 51.8 cm³/mol. The van der Waals surface area contributed by atoms with Crippen LogP contribution in [0.15, 0.2) is 0 Å². The maximum Gasteiger partial charge on any atom is 0.567 e. The fourth-order valence-corrected chi connectivity index (χ4v) is 3.69. The van der Waals surface area contributed by atoms with Crippen molar-refractivity contribution < 1.29 is 32.2 Å². The van der Waals surface area contributed by atoms with E-state index in [-0.39, 0.29) is 0 Å². The van der Waals surface area contributed by atoms with E-state index in [1.807, 2.05) is 0 Å². The van der Waals surface area contributed by atoms with Gasteiger partial charge < -0.3 is 13.8 Å². The Morgan fingerprint density at radius 3 is 2.00 bits per heavy atom. The van der Waals surface area contributed by atoms with Crippen LogP contribution < -0.4 is 0 Å². The second-order valence-corrected chi connectivity index (χ2v) is 6.40. The van der Waals surface area contributed by atoms with Gasteiger partial charge in [-0.15, -0.1) is 4.52 Å². The topological polar surface area (TPSA) is 88.1 Å². The summed E-state index contributed by atoms with van der Waals surface area (Å²) in [7, 11) is -2.93. The summed E-state index contributed by atoms with van der Waals surface area (Å²) in [4.78, 5) is 10.7. The van der Waals surface area contributed by atoms with E-state index in [1.54, 1.807) is 0 Å². The Kier molecular flexibility index (Phi) is 6.17. The first-order valence-corrected chi connectivity index (χ1v) is 6.66. The minimum absolute atomic E-state index is 0.755. The molecule has 2 unspecified atom stereocenters. The SMILES string of the molecule is CO[P+](=O)C(OC(C)=O)P(=O)(OC)OC. The van der Waals surface area contributed by atoms with Crippen LogP contribution in [0, 0.1) is 0 Å². The molecule has 0 radical (unpaired) electrons. The van der Waals surface area contributed by atoms with Gasteiger partial charge in [-0.25, -0.2) is 0 Å². The van der Waals surface area contributed by atoms with Gasteiger partial charge in [-0.1, -0.05) is 0 Å². The van der Waals surface area contributed by atoms with Crippen molar-refractivity contribution in [3.63, 3.8) is 0 Å². The molecular formula is C6H13O7P2+. The number of carbonyl (C=O) groups excluding carboxylic acids is 1. The molecule has 0 N–H and O–H groups in total. The molecule has 0 saturated carbocycles. The molecule has 0 aliphatic carbocycles. The van der Waals surface area contributed by atoms with Crippen LogP contribution >= 0.6 is 15.6 Å². The minimum Gasteiger partial charge on any atom is -0.404 e. The van der Waals surface area contributed by atoms with Crippen LogP contribution in [0.25, 0.3) is 0 Å². The van der Waals surface area contributed by atoms with Gasteiger partial charge in [-0.05, 0) is 4.57 Å². The molecule has 0 saturated heterocycles. The van der Waals surface area contributed by atoms with Crippen LogP contribution in [-0.2, 0) is 32.2 Å². The highest BCUT2D eigenvalue weighted by Crippen LogP contribution is 2.60. The molecule has 0 aromatic carbocycles. The van der Waals surface area contributed by atoms with Crippen LogP contribution in [-0.4, -0.2) is 32.9 Å². The number of hydrogen-bond donors (Lipinski definition) is 0. The zero-order valence-electron chi connectivity index (χ0n) is 8.83. The van der Waals surface area contributed by atoms with Crippen molar-refractivity contribution >= 4 is 21.6 Å². The summed E-state index contributed by atoms with van der Waals surface area (Å²) in [6.07, 6.45) is 0. The molecule has 0 bridgehead atoms. The molecule has 0 amide bonds. The normalized spacial score (nSPS) is 14.5. The second-order valence-electron chi connectivity index (χ2n) is 2.31. The Morgan fingerprint density at radius 2 is 1.73 bits per heavy atom. The largest absolute Gasteiger partial charge is 0.567 e. The Hall–Kier alpha value is -0.320. The van der Waals surface area contributed by atoms with E-state index in [4.69, 9.17) is 0 Å². The molecule has 0 fully saturated rings. The van der Waals surface area contributed by atoms with Crippen LogP contribution in [0.1, 0.15) is 6.92 Å². The van der Waals surface area contributed by atoms with Gasteiger partial charge in [0.15, 0.2) is 0 Å². The third-order valence-electron chi connectivity index (χ3n) is 1.41. The Balaban J connectivity index is 4.99. The second kappa shape index (κ2) is 6.30. The van der Waals surface area contributed by atoms with Gasteiger partial charge in [0.25, 0.3) is 0 Å². The Morgan fingerprint density at radius 1 is 1.27 bits per heavy atom. The van der Waals surface area contributed by atoms with Crippen LogP contribution in [0.5, 0.6) is 0 Å². The smallest absolute Gasteiger partial charge is 0.404 e. The molecule has 0 aliphatic rings. The standard InChI is InChI=1S/C6H13O7P2/c1-5(7)13-6(14(8)10-2)15(9,11-3)12-4/h6H,1-4H3/q+1. The van der Waals surface area contributed by atoms with Crippen LogP contribution in [0.4, 0.5) is 0 Å². The summed E-state index contributed by atoms with van der Waals surface area (Å²) in [5.41, 5.74) is -1.55. The molecule has 9 heteroatoms. The maximum atomic E-state index is 11.8. The van der Waals surface area contributed by atoms with Crippen molar-refractivity contribution in [1.29, 1.82) is 0 Å². The molecule has 0 aromatic rings. The summed E-state index contributed by atoms with van der Waals surface area (Å²) in [6, 6.07) is 0. The maximum absolute atomic E-state index is 11.8. The van der Waals surface area contributed by atoms with Crippen molar-refractivity contribution in [2.24, 2.45) is 0 Å². The van der Waals surface area contributed by atoms with Crippen molar-refractivity contribution in [3.8, 4) is 0 Å². The molecule has 0 aliphatic heterocycles. The fraction of sp³-hybridized carbons (Fsp3) is 0.833. The van der Waals surface area contributed by atoms with Crippen LogP contribution in [0.3, 0.4) is 0 Å². The lowest BCUT2D eigenvalue weighted by atomic mass is 10.8. The first kappa shape index (κ1) is 14.7. The lowest BCUT2D eigenvalue weighted by Crippen LogP contribution is -2.15. The predicted octanol–water partition coefficient (Wildman–Crippen LogP) is 1.71. The van der Waals surface area contributed by atoms with Crippen molar-refractivity contribution in [2.45, 2.75) is 12.5 Å². The van der Waals surface area contributed by atoms with Gasteiger partial charge in [0, 0.05) is 21.1 Å². The van der Waals surface area contributed by atoms with E-state index in [0.717, 1.165) is 28.3 Å². The van der Waals surface area contributed by atoms with E-state index in [1.165, 1.54) is 0 Å². The van der Waals surface area contributed by atoms with Gasteiger partial charge in [0.1, 0.15) is 0 Å². The van der Waals surface area contributed by atoms with E-state index >= 15 is 0 Å². The van der Waals surface area contributed by atoms with E-state index in [2.05, 4.69) is 18.3 Å². The summed E-state index contributed by atoms with van der Waals surface area (Å²) < 4.78 is 41.3. The van der Waals surface area contributed by atoms with Crippen molar-refractivity contribution in [2.75, 3.05) is 21.3 Å². The summed E-state index contributed by atoms with van der Waals surface area (Å²) in [6.45, 7) is 1.08. The van der Waals surface area contributed by atoms with Gasteiger partial charge in [0.05, 0.1) is 7.11 Å². The van der Waals surface area contributed by atoms with Crippen LogP contribution in [0.2, 0.25) is 0 Å².